The monoisotopic (exact) mass is 404 g/mol. The summed E-state index contributed by atoms with van der Waals surface area (Å²) >= 11 is 0. The highest BCUT2D eigenvalue weighted by molar-refractivity contribution is 5.75. The fourth-order valence-electron chi connectivity index (χ4n) is 4.94. The van der Waals surface area contributed by atoms with Gasteiger partial charge in [-0.05, 0) is 87.0 Å². The summed E-state index contributed by atoms with van der Waals surface area (Å²) in [5, 5.41) is 8.98. The summed E-state index contributed by atoms with van der Waals surface area (Å²) in [5.41, 5.74) is 11.7. The van der Waals surface area contributed by atoms with Gasteiger partial charge in [-0.3, -0.25) is 4.90 Å². The molecule has 1 saturated heterocycles. The number of hydrogen-bond acceptors (Lipinski definition) is 4. The third-order valence-electron chi connectivity index (χ3n) is 6.54. The van der Waals surface area contributed by atoms with Crippen molar-refractivity contribution in [2.45, 2.75) is 44.6 Å². The van der Waals surface area contributed by atoms with E-state index in [1.807, 2.05) is 12.1 Å². The Balaban J connectivity index is 1.41. The fraction of sp³-hybridized carbons (Fsp3) is 0.400. The predicted octanol–water partition coefficient (Wildman–Crippen LogP) is 4.81. The van der Waals surface area contributed by atoms with Gasteiger partial charge >= 0.3 is 0 Å². The number of rotatable bonds is 4. The number of nitrogen functional groups attached to an aromatic ring is 1. The van der Waals surface area contributed by atoms with Crippen molar-refractivity contribution in [2.24, 2.45) is 0 Å². The normalized spacial score (nSPS) is 19.9. The number of anilines is 2. The molecule has 1 fully saturated rings. The Hall–Kier alpha value is -2.84. The van der Waals surface area contributed by atoms with E-state index in [2.05, 4.69) is 41.5 Å². The van der Waals surface area contributed by atoms with Gasteiger partial charge in [0.15, 0.2) is 0 Å². The number of halogens is 1. The SMILES string of the molecule is C=C(CN1CCC(c2ccc(C#N)cc2)CC1)N1c2c(N)cc(F)cc2CCC1C. The number of aryl methyl sites for hydroxylation is 1. The third kappa shape index (κ3) is 4.06. The van der Waals surface area contributed by atoms with Crippen molar-refractivity contribution < 1.29 is 4.39 Å². The van der Waals surface area contributed by atoms with Crippen molar-refractivity contribution >= 4 is 11.4 Å². The predicted molar refractivity (Wildman–Crippen MR) is 120 cm³/mol. The second kappa shape index (κ2) is 8.49. The molecular formula is C25H29FN4. The van der Waals surface area contributed by atoms with Gasteiger partial charge in [0.1, 0.15) is 5.82 Å². The van der Waals surface area contributed by atoms with Gasteiger partial charge in [-0.2, -0.15) is 5.26 Å². The Morgan fingerprint density at radius 1 is 1.20 bits per heavy atom. The molecule has 2 N–H and O–H groups in total. The highest BCUT2D eigenvalue weighted by Gasteiger charge is 2.29. The van der Waals surface area contributed by atoms with Gasteiger partial charge in [0.05, 0.1) is 23.0 Å². The number of benzene rings is 2. The van der Waals surface area contributed by atoms with E-state index in [1.54, 1.807) is 6.07 Å². The lowest BCUT2D eigenvalue weighted by atomic mass is 9.89. The van der Waals surface area contributed by atoms with Crippen molar-refractivity contribution in [3.05, 3.63) is 71.2 Å². The molecule has 4 rings (SSSR count). The van der Waals surface area contributed by atoms with Crippen molar-refractivity contribution in [2.75, 3.05) is 30.3 Å². The lowest BCUT2D eigenvalue weighted by molar-refractivity contribution is 0.226. The molecule has 0 saturated carbocycles. The Kier molecular flexibility index (Phi) is 5.78. The maximum atomic E-state index is 13.8. The lowest BCUT2D eigenvalue weighted by Gasteiger charge is -2.41. The number of nitrogens with zero attached hydrogens (tertiary/aromatic N) is 3. The molecule has 1 unspecified atom stereocenters. The summed E-state index contributed by atoms with van der Waals surface area (Å²) in [6.45, 7) is 9.39. The average Bonchev–Trinajstić information content (AvgIpc) is 2.74. The van der Waals surface area contributed by atoms with Crippen LogP contribution in [0.4, 0.5) is 15.8 Å². The summed E-state index contributed by atoms with van der Waals surface area (Å²) in [5.74, 6) is 0.270. The van der Waals surface area contributed by atoms with Gasteiger partial charge in [-0.15, -0.1) is 0 Å². The Morgan fingerprint density at radius 2 is 1.90 bits per heavy atom. The Morgan fingerprint density at radius 3 is 2.57 bits per heavy atom. The standard InChI is InChI=1S/C25H29FN4/c1-17-3-6-22-13-23(26)14-24(28)25(22)30(17)18(2)16-29-11-9-21(10-12-29)20-7-4-19(15-27)5-8-20/h4-5,7-8,13-14,17,21H,2-3,6,9-12,16,28H2,1H3. The van der Waals surface area contributed by atoms with Gasteiger partial charge in [-0.25, -0.2) is 4.39 Å². The van der Waals surface area contributed by atoms with Crippen LogP contribution in [0.15, 0.2) is 48.7 Å². The molecule has 0 spiro atoms. The van der Waals surface area contributed by atoms with Crippen LogP contribution in [0.5, 0.6) is 0 Å². The van der Waals surface area contributed by atoms with Gasteiger partial charge in [-0.1, -0.05) is 18.7 Å². The number of nitrogens with two attached hydrogens (primary N) is 1. The highest BCUT2D eigenvalue weighted by atomic mass is 19.1. The van der Waals surface area contributed by atoms with E-state index in [4.69, 9.17) is 11.0 Å². The molecule has 0 bridgehead atoms. The molecule has 1 atom stereocenters. The molecule has 2 aromatic rings. The molecule has 5 heteroatoms. The van der Waals surface area contributed by atoms with Crippen LogP contribution >= 0.6 is 0 Å². The van der Waals surface area contributed by atoms with Crippen LogP contribution in [0, 0.1) is 17.1 Å². The first-order valence-corrected chi connectivity index (χ1v) is 10.7. The average molecular weight is 405 g/mol. The fourth-order valence-corrected chi connectivity index (χ4v) is 4.94. The minimum atomic E-state index is -0.267. The van der Waals surface area contributed by atoms with Crippen LogP contribution in [0.25, 0.3) is 0 Å². The van der Waals surface area contributed by atoms with E-state index in [0.717, 1.165) is 62.3 Å². The molecule has 2 aliphatic rings. The van der Waals surface area contributed by atoms with E-state index in [1.165, 1.54) is 11.6 Å². The first-order chi connectivity index (χ1) is 14.5. The van der Waals surface area contributed by atoms with Gasteiger partial charge in [0.2, 0.25) is 0 Å². The molecule has 0 amide bonds. The molecule has 4 nitrogen and oxygen atoms in total. The smallest absolute Gasteiger partial charge is 0.125 e. The number of likely N-dealkylation sites (tertiary alicyclic amines) is 1. The van der Waals surface area contributed by atoms with E-state index in [9.17, 15) is 4.39 Å². The Labute approximate surface area is 178 Å². The van der Waals surface area contributed by atoms with Gasteiger partial charge in [0.25, 0.3) is 0 Å². The van der Waals surface area contributed by atoms with E-state index in [-0.39, 0.29) is 5.82 Å². The van der Waals surface area contributed by atoms with E-state index in [0.29, 0.717) is 23.2 Å². The quantitative estimate of drug-likeness (QED) is 0.743. The molecule has 0 radical (unpaired) electrons. The van der Waals surface area contributed by atoms with Crippen LogP contribution in [-0.2, 0) is 6.42 Å². The third-order valence-corrected chi connectivity index (χ3v) is 6.54. The molecule has 2 aliphatic heterocycles. The first-order valence-electron chi connectivity index (χ1n) is 10.7. The van der Waals surface area contributed by atoms with E-state index < -0.39 is 0 Å². The van der Waals surface area contributed by atoms with Crippen molar-refractivity contribution in [1.82, 2.24) is 4.90 Å². The van der Waals surface area contributed by atoms with Crippen molar-refractivity contribution in [3.8, 4) is 6.07 Å². The molecule has 2 heterocycles. The van der Waals surface area contributed by atoms with Gasteiger partial charge < -0.3 is 10.6 Å². The molecule has 0 aliphatic carbocycles. The Bertz CT molecular complexity index is 968. The largest absolute Gasteiger partial charge is 0.397 e. The van der Waals surface area contributed by atoms with Crippen LogP contribution in [-0.4, -0.2) is 30.6 Å². The summed E-state index contributed by atoms with van der Waals surface area (Å²) < 4.78 is 13.8. The summed E-state index contributed by atoms with van der Waals surface area (Å²) in [6, 6.07) is 13.5. The topological polar surface area (TPSA) is 56.3 Å². The van der Waals surface area contributed by atoms with Crippen molar-refractivity contribution in [1.29, 1.82) is 5.26 Å². The molecule has 156 valence electrons. The van der Waals surface area contributed by atoms with Crippen LogP contribution in [0.1, 0.15) is 48.8 Å². The lowest BCUT2D eigenvalue weighted by Crippen LogP contribution is -2.42. The van der Waals surface area contributed by atoms with Crippen LogP contribution in [0.3, 0.4) is 0 Å². The molecule has 0 aromatic heterocycles. The zero-order valence-corrected chi connectivity index (χ0v) is 17.6. The second-order valence-electron chi connectivity index (χ2n) is 8.61. The summed E-state index contributed by atoms with van der Waals surface area (Å²) in [7, 11) is 0. The van der Waals surface area contributed by atoms with Gasteiger partial charge in [0, 0.05) is 18.3 Å². The zero-order valence-electron chi connectivity index (χ0n) is 17.6. The maximum absolute atomic E-state index is 13.8. The minimum absolute atomic E-state index is 0.267. The number of piperidine rings is 1. The maximum Gasteiger partial charge on any atom is 0.125 e. The number of hydrogen-bond donors (Lipinski definition) is 1. The molecule has 30 heavy (non-hydrogen) atoms. The van der Waals surface area contributed by atoms with Crippen LogP contribution in [0.2, 0.25) is 0 Å². The van der Waals surface area contributed by atoms with E-state index >= 15 is 0 Å². The summed E-state index contributed by atoms with van der Waals surface area (Å²) in [4.78, 5) is 4.67. The van der Waals surface area contributed by atoms with Crippen LogP contribution < -0.4 is 10.6 Å². The second-order valence-corrected chi connectivity index (χ2v) is 8.61. The molecule has 2 aromatic carbocycles. The van der Waals surface area contributed by atoms with Crippen molar-refractivity contribution in [3.63, 3.8) is 0 Å². The highest BCUT2D eigenvalue weighted by Crippen LogP contribution is 2.39. The summed E-state index contributed by atoms with van der Waals surface area (Å²) in [6.07, 6.45) is 4.01. The molecular weight excluding hydrogens is 375 g/mol. The number of fused-ring (bicyclic) bond motifs is 1. The first kappa shape index (κ1) is 20.4. The number of nitriles is 1. The minimum Gasteiger partial charge on any atom is -0.397 e. The zero-order chi connectivity index (χ0) is 21.3.